The van der Waals surface area contributed by atoms with Gasteiger partial charge in [0, 0.05) is 41.5 Å². The fourth-order valence-corrected chi connectivity index (χ4v) is 4.93. The van der Waals surface area contributed by atoms with Gasteiger partial charge in [-0.2, -0.15) is 5.10 Å². The summed E-state index contributed by atoms with van der Waals surface area (Å²) >= 11 is 0. The van der Waals surface area contributed by atoms with Gasteiger partial charge in [-0.3, -0.25) is 9.78 Å². The zero-order valence-electron chi connectivity index (χ0n) is 20.4. The molecule has 0 saturated carbocycles. The van der Waals surface area contributed by atoms with Gasteiger partial charge in [0.2, 0.25) is 0 Å². The number of nitrogens with zero attached hydrogens (tertiary/aromatic N) is 4. The topological polar surface area (TPSA) is 60.2 Å². The van der Waals surface area contributed by atoms with Crippen molar-refractivity contribution >= 4 is 5.91 Å². The molecule has 5 rings (SSSR count). The van der Waals surface area contributed by atoms with E-state index in [1.54, 1.807) is 7.11 Å². The van der Waals surface area contributed by atoms with E-state index in [4.69, 9.17) is 9.72 Å². The van der Waals surface area contributed by atoms with Gasteiger partial charge in [0.15, 0.2) is 0 Å². The molecule has 178 valence electrons. The second kappa shape index (κ2) is 9.74. The molecule has 2 aromatic heterocycles. The number of piperidine rings is 1. The molecule has 1 aliphatic rings. The predicted molar refractivity (Wildman–Crippen MR) is 137 cm³/mol. The normalized spacial score (nSPS) is 15.7. The molecule has 0 bridgehead atoms. The summed E-state index contributed by atoms with van der Waals surface area (Å²) in [4.78, 5) is 20.4. The van der Waals surface area contributed by atoms with Crippen molar-refractivity contribution in [2.24, 2.45) is 0 Å². The highest BCUT2D eigenvalue weighted by atomic mass is 16.5. The molecule has 2 aromatic carbocycles. The fourth-order valence-electron chi connectivity index (χ4n) is 4.93. The Morgan fingerprint density at radius 3 is 2.63 bits per heavy atom. The highest BCUT2D eigenvalue weighted by Crippen LogP contribution is 2.32. The van der Waals surface area contributed by atoms with Gasteiger partial charge in [0.1, 0.15) is 5.75 Å². The lowest BCUT2D eigenvalue weighted by Crippen LogP contribution is -2.39. The maximum absolute atomic E-state index is 13.5. The van der Waals surface area contributed by atoms with E-state index in [1.807, 2.05) is 90.2 Å². The molecule has 1 aliphatic heterocycles. The number of para-hydroxylation sites is 1. The average molecular weight is 467 g/mol. The first-order chi connectivity index (χ1) is 17.0. The Hall–Kier alpha value is -3.93. The van der Waals surface area contributed by atoms with Crippen molar-refractivity contribution in [1.29, 1.82) is 0 Å². The molecule has 1 amide bonds. The van der Waals surface area contributed by atoms with Crippen molar-refractivity contribution < 1.29 is 9.53 Å². The molecule has 6 heteroatoms. The zero-order chi connectivity index (χ0) is 24.4. The van der Waals surface area contributed by atoms with E-state index < -0.39 is 0 Å². The number of carbonyl (C=O) groups excluding carboxylic acids is 1. The van der Waals surface area contributed by atoms with Crippen LogP contribution in [0.25, 0.3) is 16.9 Å². The predicted octanol–water partition coefficient (Wildman–Crippen LogP) is 5.58. The van der Waals surface area contributed by atoms with Crippen LogP contribution in [0.4, 0.5) is 0 Å². The maximum atomic E-state index is 13.5. The lowest BCUT2D eigenvalue weighted by molar-refractivity contribution is 0.0706. The quantitative estimate of drug-likeness (QED) is 0.385. The molecular weight excluding hydrogens is 436 g/mol. The van der Waals surface area contributed by atoms with Crippen LogP contribution in [-0.2, 0) is 0 Å². The summed E-state index contributed by atoms with van der Waals surface area (Å²) in [6.07, 6.45) is 1.96. The number of ether oxygens (including phenoxy) is 1. The summed E-state index contributed by atoms with van der Waals surface area (Å²) in [7, 11) is 1.68. The molecule has 1 saturated heterocycles. The van der Waals surface area contributed by atoms with E-state index in [1.165, 1.54) is 0 Å². The summed E-state index contributed by atoms with van der Waals surface area (Å²) < 4.78 is 7.42. The Morgan fingerprint density at radius 1 is 1.00 bits per heavy atom. The number of aromatic nitrogens is 3. The maximum Gasteiger partial charge on any atom is 0.253 e. The number of benzene rings is 2. The van der Waals surface area contributed by atoms with Crippen LogP contribution in [0, 0.1) is 13.8 Å². The largest absolute Gasteiger partial charge is 0.496 e. The summed E-state index contributed by atoms with van der Waals surface area (Å²) in [5.41, 5.74) is 6.48. The molecule has 1 fully saturated rings. The Balaban J connectivity index is 1.37. The molecule has 1 atom stereocenters. The average Bonchev–Trinajstić information content (AvgIpc) is 3.26. The second-order valence-electron chi connectivity index (χ2n) is 9.13. The molecule has 0 spiro atoms. The molecule has 4 aromatic rings. The van der Waals surface area contributed by atoms with E-state index >= 15 is 0 Å². The molecule has 0 aliphatic carbocycles. The van der Waals surface area contributed by atoms with Gasteiger partial charge in [-0.15, -0.1) is 0 Å². The van der Waals surface area contributed by atoms with Crippen LogP contribution in [0.1, 0.15) is 46.2 Å². The molecule has 3 heterocycles. The van der Waals surface area contributed by atoms with Gasteiger partial charge in [-0.25, -0.2) is 4.68 Å². The number of hydrogen-bond donors (Lipinski definition) is 0. The summed E-state index contributed by atoms with van der Waals surface area (Å²) in [5, 5.41) is 4.57. The molecule has 35 heavy (non-hydrogen) atoms. The van der Waals surface area contributed by atoms with Crippen LogP contribution < -0.4 is 4.74 Å². The van der Waals surface area contributed by atoms with Gasteiger partial charge in [-0.05, 0) is 75.2 Å². The summed E-state index contributed by atoms with van der Waals surface area (Å²) in [5.74, 6) is 1.06. The lowest BCUT2D eigenvalue weighted by Gasteiger charge is -2.33. The Kier molecular flexibility index (Phi) is 6.36. The standard InChI is InChI=1S/C29H30N4O2/c1-20-17-21(2)33(31-20)24-11-6-9-22(18-24)29(34)32-16-8-10-23(19-32)26-13-7-14-27(30-26)25-12-4-5-15-28(25)35-3/h4-7,9,11-15,17-18,23H,8,10,16,19H2,1-3H3. The number of carbonyl (C=O) groups is 1. The molecule has 6 nitrogen and oxygen atoms in total. The number of amides is 1. The Morgan fingerprint density at radius 2 is 1.83 bits per heavy atom. The van der Waals surface area contributed by atoms with Crippen LogP contribution in [0.5, 0.6) is 5.75 Å². The second-order valence-corrected chi connectivity index (χ2v) is 9.13. The van der Waals surface area contributed by atoms with Crippen LogP contribution >= 0.6 is 0 Å². The van der Waals surface area contributed by atoms with Crippen LogP contribution in [0.3, 0.4) is 0 Å². The minimum absolute atomic E-state index is 0.0546. The minimum atomic E-state index is 0.0546. The van der Waals surface area contributed by atoms with Crippen LogP contribution in [0.15, 0.2) is 72.8 Å². The van der Waals surface area contributed by atoms with Gasteiger partial charge in [-0.1, -0.05) is 24.3 Å². The molecular formula is C29H30N4O2. The van der Waals surface area contributed by atoms with Crippen molar-refractivity contribution in [2.45, 2.75) is 32.6 Å². The first-order valence-electron chi connectivity index (χ1n) is 12.1. The first-order valence-corrected chi connectivity index (χ1v) is 12.1. The molecule has 0 radical (unpaired) electrons. The monoisotopic (exact) mass is 466 g/mol. The first kappa shape index (κ1) is 22.8. The van der Waals surface area contributed by atoms with Crippen molar-refractivity contribution in [1.82, 2.24) is 19.7 Å². The SMILES string of the molecule is COc1ccccc1-c1cccc(C2CCCN(C(=O)c3cccc(-n4nc(C)cc4C)c3)C2)n1. The van der Waals surface area contributed by atoms with E-state index in [2.05, 4.69) is 11.2 Å². The van der Waals surface area contributed by atoms with Crippen LogP contribution in [-0.4, -0.2) is 45.8 Å². The number of likely N-dealkylation sites (tertiary alicyclic amines) is 1. The van der Waals surface area contributed by atoms with Crippen molar-refractivity contribution in [3.8, 4) is 22.7 Å². The molecule has 0 N–H and O–H groups in total. The van der Waals surface area contributed by atoms with Gasteiger partial charge in [0.05, 0.1) is 24.2 Å². The third kappa shape index (κ3) is 4.69. The fraction of sp³-hybridized carbons (Fsp3) is 0.276. The Labute approximate surface area is 206 Å². The number of methoxy groups -OCH3 is 1. The highest BCUT2D eigenvalue weighted by Gasteiger charge is 2.27. The van der Waals surface area contributed by atoms with Gasteiger partial charge in [0.25, 0.3) is 5.91 Å². The van der Waals surface area contributed by atoms with Crippen molar-refractivity contribution in [3.63, 3.8) is 0 Å². The van der Waals surface area contributed by atoms with Gasteiger partial charge >= 0.3 is 0 Å². The third-order valence-corrected chi connectivity index (χ3v) is 6.63. The number of rotatable bonds is 5. The lowest BCUT2D eigenvalue weighted by atomic mass is 9.93. The number of hydrogen-bond acceptors (Lipinski definition) is 4. The third-order valence-electron chi connectivity index (χ3n) is 6.63. The highest BCUT2D eigenvalue weighted by molar-refractivity contribution is 5.95. The van der Waals surface area contributed by atoms with Crippen LogP contribution in [0.2, 0.25) is 0 Å². The zero-order valence-corrected chi connectivity index (χ0v) is 20.4. The number of pyridine rings is 1. The minimum Gasteiger partial charge on any atom is -0.496 e. The van der Waals surface area contributed by atoms with Gasteiger partial charge < -0.3 is 9.64 Å². The van der Waals surface area contributed by atoms with Crippen molar-refractivity contribution in [2.75, 3.05) is 20.2 Å². The molecule has 1 unspecified atom stereocenters. The Bertz CT molecular complexity index is 1360. The van der Waals surface area contributed by atoms with E-state index in [9.17, 15) is 4.79 Å². The number of aryl methyl sites for hydroxylation is 2. The summed E-state index contributed by atoms with van der Waals surface area (Å²) in [6, 6.07) is 23.8. The van der Waals surface area contributed by atoms with E-state index in [0.717, 1.165) is 59.2 Å². The van der Waals surface area contributed by atoms with E-state index in [-0.39, 0.29) is 11.8 Å². The summed E-state index contributed by atoms with van der Waals surface area (Å²) in [6.45, 7) is 5.41. The smallest absolute Gasteiger partial charge is 0.253 e. The van der Waals surface area contributed by atoms with E-state index in [0.29, 0.717) is 12.1 Å². The van der Waals surface area contributed by atoms with Crippen molar-refractivity contribution in [3.05, 3.63) is 95.4 Å².